The number of para-hydroxylation sites is 2. The van der Waals surface area contributed by atoms with E-state index < -0.39 is 0 Å². The zero-order valence-electron chi connectivity index (χ0n) is 30.9. The minimum absolute atomic E-state index is 0.145. The van der Waals surface area contributed by atoms with Crippen molar-refractivity contribution in [1.82, 2.24) is 0 Å². The van der Waals surface area contributed by atoms with Crippen LogP contribution in [-0.4, -0.2) is 0 Å². The molecule has 8 aromatic carbocycles. The lowest BCUT2D eigenvalue weighted by Gasteiger charge is -2.31. The quantitative estimate of drug-likeness (QED) is 0.169. The molecule has 1 aliphatic heterocycles. The van der Waals surface area contributed by atoms with Gasteiger partial charge in [0.25, 0.3) is 0 Å². The van der Waals surface area contributed by atoms with Gasteiger partial charge in [-0.05, 0) is 94.4 Å². The Kier molecular flexibility index (Phi) is 7.36. The molecule has 0 amide bonds. The summed E-state index contributed by atoms with van der Waals surface area (Å²) in [7, 11) is 0. The maximum atomic E-state index is 6.47. The Morgan fingerprint density at radius 3 is 1.68 bits per heavy atom. The fourth-order valence-electron chi connectivity index (χ4n) is 9.43. The molecule has 2 unspecified atom stereocenters. The molecule has 270 valence electrons. The average molecular weight is 750 g/mol. The van der Waals surface area contributed by atoms with Crippen LogP contribution >= 0.6 is 11.8 Å². The minimum Gasteiger partial charge on any atom is -0.456 e. The molecule has 0 N–H and O–H groups in total. The van der Waals surface area contributed by atoms with Crippen LogP contribution < -0.4 is 4.90 Å². The number of allylic oxidation sites excluding steroid dienone is 1. The van der Waals surface area contributed by atoms with Crippen LogP contribution in [0.1, 0.15) is 39.7 Å². The third-order valence-corrected chi connectivity index (χ3v) is 13.2. The monoisotopic (exact) mass is 749 g/mol. The lowest BCUT2D eigenvalue weighted by Crippen LogP contribution is -2.15. The molecule has 57 heavy (non-hydrogen) atoms. The molecule has 4 heteroatoms. The molecule has 0 spiro atoms. The summed E-state index contributed by atoms with van der Waals surface area (Å²) in [5.41, 5.74) is 14.9. The Labute approximate surface area is 334 Å². The molecule has 3 heterocycles. The smallest absolute Gasteiger partial charge is 0.137 e. The van der Waals surface area contributed by atoms with Crippen LogP contribution in [0.5, 0.6) is 0 Å². The van der Waals surface area contributed by atoms with Gasteiger partial charge in [0.15, 0.2) is 0 Å². The van der Waals surface area contributed by atoms with Crippen LogP contribution in [0, 0.1) is 0 Å². The summed E-state index contributed by atoms with van der Waals surface area (Å²) < 4.78 is 12.9. The average Bonchev–Trinajstić information content (AvgIpc) is 3.93. The Morgan fingerprint density at radius 2 is 1.00 bits per heavy atom. The van der Waals surface area contributed by atoms with Gasteiger partial charge in [-0.1, -0.05) is 133 Å². The number of furan rings is 2. The lowest BCUT2D eigenvalue weighted by molar-refractivity contribution is 0.669. The van der Waals surface area contributed by atoms with Crippen molar-refractivity contribution in [2.45, 2.75) is 23.2 Å². The standard InChI is InChI=1S/C53H35NO2S/c1-3-13-33(14-4-1)29-44-42-19-9-12-22-50(42)57-53-45-30-35(25-28-43(45)51(52(44)53)34-15-5-2-6-16-34)54(36-23-26-40-38-17-7-10-20-46(38)55-48(40)31-36)37-24-27-41-39-18-8-11-21-47(39)56-49(41)32-37/h1-28,30-32,44,51H,29H2. The summed E-state index contributed by atoms with van der Waals surface area (Å²) in [6, 6.07) is 68.0. The Morgan fingerprint density at radius 1 is 0.456 bits per heavy atom. The summed E-state index contributed by atoms with van der Waals surface area (Å²) in [5.74, 6) is 0.384. The van der Waals surface area contributed by atoms with Gasteiger partial charge in [-0.2, -0.15) is 0 Å². The van der Waals surface area contributed by atoms with Gasteiger partial charge in [0, 0.05) is 72.4 Å². The summed E-state index contributed by atoms with van der Waals surface area (Å²) >= 11 is 1.93. The highest BCUT2D eigenvalue weighted by Crippen LogP contribution is 2.61. The molecule has 0 saturated heterocycles. The zero-order valence-corrected chi connectivity index (χ0v) is 31.7. The third-order valence-electron chi connectivity index (χ3n) is 12.0. The van der Waals surface area contributed by atoms with Gasteiger partial charge in [0.1, 0.15) is 22.3 Å². The Balaban J connectivity index is 1.07. The summed E-state index contributed by atoms with van der Waals surface area (Å²) in [6.45, 7) is 0. The first-order valence-electron chi connectivity index (χ1n) is 19.6. The predicted molar refractivity (Wildman–Crippen MR) is 236 cm³/mol. The van der Waals surface area contributed by atoms with Crippen molar-refractivity contribution in [1.29, 1.82) is 0 Å². The Bertz CT molecular complexity index is 3100. The molecular weight excluding hydrogens is 715 g/mol. The van der Waals surface area contributed by atoms with E-state index in [1.165, 1.54) is 43.2 Å². The number of benzene rings is 8. The fourth-order valence-corrected chi connectivity index (χ4v) is 10.8. The highest BCUT2D eigenvalue weighted by Gasteiger charge is 2.41. The number of fused-ring (bicyclic) bond motifs is 9. The van der Waals surface area contributed by atoms with Gasteiger partial charge in [-0.3, -0.25) is 0 Å². The third kappa shape index (κ3) is 5.21. The molecule has 2 atom stereocenters. The number of hydrogen-bond donors (Lipinski definition) is 0. The van der Waals surface area contributed by atoms with E-state index in [-0.39, 0.29) is 11.8 Å². The van der Waals surface area contributed by atoms with E-state index in [1.807, 2.05) is 36.0 Å². The maximum absolute atomic E-state index is 6.47. The van der Waals surface area contributed by atoms with Crippen LogP contribution in [0.4, 0.5) is 17.1 Å². The molecule has 2 aromatic heterocycles. The molecule has 10 aromatic rings. The topological polar surface area (TPSA) is 29.5 Å². The van der Waals surface area contributed by atoms with Gasteiger partial charge in [0.05, 0.1) is 0 Å². The molecule has 1 aliphatic carbocycles. The van der Waals surface area contributed by atoms with Crippen LogP contribution in [0.3, 0.4) is 0 Å². The largest absolute Gasteiger partial charge is 0.456 e. The summed E-state index contributed by atoms with van der Waals surface area (Å²) in [5, 5.41) is 4.47. The van der Waals surface area contributed by atoms with Crippen molar-refractivity contribution >= 4 is 77.6 Å². The first-order valence-corrected chi connectivity index (χ1v) is 20.4. The first-order chi connectivity index (χ1) is 28.2. The first kappa shape index (κ1) is 32.5. The number of anilines is 3. The number of thioether (sulfide) groups is 1. The van der Waals surface area contributed by atoms with E-state index >= 15 is 0 Å². The van der Waals surface area contributed by atoms with Crippen molar-refractivity contribution in [2.24, 2.45) is 0 Å². The van der Waals surface area contributed by atoms with Crippen molar-refractivity contribution in [3.63, 3.8) is 0 Å². The second-order valence-corrected chi connectivity index (χ2v) is 16.2. The Hall–Kier alpha value is -6.75. The number of rotatable bonds is 6. The van der Waals surface area contributed by atoms with Crippen molar-refractivity contribution in [3.05, 3.63) is 221 Å². The molecule has 0 fully saturated rings. The van der Waals surface area contributed by atoms with E-state index in [1.54, 1.807) is 0 Å². The van der Waals surface area contributed by atoms with E-state index in [2.05, 4.69) is 169 Å². The van der Waals surface area contributed by atoms with E-state index in [0.29, 0.717) is 0 Å². The van der Waals surface area contributed by atoms with Crippen LogP contribution in [0.25, 0.3) is 48.8 Å². The second kappa shape index (κ2) is 12.9. The van der Waals surface area contributed by atoms with Gasteiger partial charge in [-0.15, -0.1) is 0 Å². The molecule has 12 rings (SSSR count). The lowest BCUT2D eigenvalue weighted by atomic mass is 9.77. The second-order valence-electron chi connectivity index (χ2n) is 15.2. The predicted octanol–water partition coefficient (Wildman–Crippen LogP) is 14.9. The molecule has 0 radical (unpaired) electrons. The van der Waals surface area contributed by atoms with Gasteiger partial charge < -0.3 is 13.7 Å². The maximum Gasteiger partial charge on any atom is 0.137 e. The van der Waals surface area contributed by atoms with Crippen LogP contribution in [-0.2, 0) is 6.42 Å². The van der Waals surface area contributed by atoms with Crippen molar-refractivity contribution in [2.75, 3.05) is 4.90 Å². The molecule has 2 aliphatic rings. The molecule has 3 nitrogen and oxygen atoms in total. The fraction of sp³-hybridized carbons (Fsp3) is 0.0566. The van der Waals surface area contributed by atoms with Gasteiger partial charge >= 0.3 is 0 Å². The van der Waals surface area contributed by atoms with Crippen molar-refractivity contribution in [3.8, 4) is 0 Å². The summed E-state index contributed by atoms with van der Waals surface area (Å²) in [4.78, 5) is 5.07. The zero-order chi connectivity index (χ0) is 37.5. The minimum atomic E-state index is 0.145. The van der Waals surface area contributed by atoms with E-state index in [4.69, 9.17) is 8.83 Å². The molecule has 0 saturated carbocycles. The SMILES string of the molecule is c1ccc(CC2C3=C(Sc4ccccc42)c2cc(N(c4ccc5c(c4)oc4ccccc45)c4ccc5c(c4)oc4ccccc45)ccc2C3c2ccccc2)cc1. The summed E-state index contributed by atoms with van der Waals surface area (Å²) in [6.07, 6.45) is 0.947. The van der Waals surface area contributed by atoms with Crippen molar-refractivity contribution < 1.29 is 8.83 Å². The van der Waals surface area contributed by atoms with Gasteiger partial charge in [0.2, 0.25) is 0 Å². The number of nitrogens with zero attached hydrogens (tertiary/aromatic N) is 1. The normalized spacial score (nSPS) is 16.0. The number of hydrogen-bond acceptors (Lipinski definition) is 4. The van der Waals surface area contributed by atoms with Gasteiger partial charge in [-0.25, -0.2) is 0 Å². The molecular formula is C53H35NO2S. The van der Waals surface area contributed by atoms with Crippen LogP contribution in [0.2, 0.25) is 0 Å². The van der Waals surface area contributed by atoms with Crippen LogP contribution in [0.15, 0.2) is 207 Å². The highest BCUT2D eigenvalue weighted by atomic mass is 32.2. The van der Waals surface area contributed by atoms with E-state index in [0.717, 1.165) is 67.4 Å². The highest BCUT2D eigenvalue weighted by molar-refractivity contribution is 8.08. The van der Waals surface area contributed by atoms with E-state index in [9.17, 15) is 0 Å². The molecule has 0 bridgehead atoms.